The van der Waals surface area contributed by atoms with Crippen LogP contribution in [-0.2, 0) is 16.0 Å². The van der Waals surface area contributed by atoms with Gasteiger partial charge in [0.05, 0.1) is 6.54 Å². The smallest absolute Gasteiger partial charge is 0.241 e. The SMILES string of the molecule is CC(=O)NCC(=O)N1CCC[C@@H](c2nc(C)c3c(n2)N(CC2CC2)CCC3)C1. The molecule has 7 heteroatoms. The van der Waals surface area contributed by atoms with Gasteiger partial charge in [-0.1, -0.05) is 0 Å². The highest BCUT2D eigenvalue weighted by atomic mass is 16.2. The number of aromatic nitrogens is 2. The third-order valence-corrected chi connectivity index (χ3v) is 6.17. The Kier molecular flexibility index (Phi) is 5.51. The summed E-state index contributed by atoms with van der Waals surface area (Å²) in [6.45, 7) is 7.20. The second kappa shape index (κ2) is 8.05. The van der Waals surface area contributed by atoms with Crippen molar-refractivity contribution in [3.05, 3.63) is 17.1 Å². The number of rotatable bonds is 5. The zero-order chi connectivity index (χ0) is 19.7. The fourth-order valence-corrected chi connectivity index (χ4v) is 4.41. The van der Waals surface area contributed by atoms with Gasteiger partial charge in [-0.15, -0.1) is 0 Å². The molecule has 7 nitrogen and oxygen atoms in total. The van der Waals surface area contributed by atoms with Crippen LogP contribution in [0, 0.1) is 12.8 Å². The average Bonchev–Trinajstić information content (AvgIpc) is 3.51. The maximum Gasteiger partial charge on any atom is 0.241 e. The molecule has 1 aromatic rings. The number of aryl methyl sites for hydroxylation is 1. The molecular weight excluding hydrogens is 354 g/mol. The second-order valence-corrected chi connectivity index (χ2v) is 8.55. The summed E-state index contributed by atoms with van der Waals surface area (Å²) >= 11 is 0. The monoisotopic (exact) mass is 385 g/mol. The number of amides is 2. The van der Waals surface area contributed by atoms with Crippen LogP contribution < -0.4 is 10.2 Å². The van der Waals surface area contributed by atoms with Crippen LogP contribution in [0.3, 0.4) is 0 Å². The van der Waals surface area contributed by atoms with Gasteiger partial charge < -0.3 is 15.1 Å². The van der Waals surface area contributed by atoms with Gasteiger partial charge >= 0.3 is 0 Å². The number of carbonyl (C=O) groups is 2. The van der Waals surface area contributed by atoms with Crippen molar-refractivity contribution in [2.75, 3.05) is 37.6 Å². The van der Waals surface area contributed by atoms with E-state index in [2.05, 4.69) is 17.1 Å². The number of carbonyl (C=O) groups excluding carboxylic acids is 2. The number of piperidine rings is 1. The molecule has 28 heavy (non-hydrogen) atoms. The van der Waals surface area contributed by atoms with Gasteiger partial charge in [-0.05, 0) is 51.4 Å². The Morgan fingerprint density at radius 2 is 1.96 bits per heavy atom. The Labute approximate surface area is 166 Å². The summed E-state index contributed by atoms with van der Waals surface area (Å²) in [6.07, 6.45) is 6.88. The number of likely N-dealkylation sites (tertiary alicyclic amines) is 1. The predicted octanol–water partition coefficient (Wildman–Crippen LogP) is 1.79. The first-order chi connectivity index (χ1) is 13.5. The number of fused-ring (bicyclic) bond motifs is 1. The number of nitrogens with one attached hydrogen (secondary N) is 1. The lowest BCUT2D eigenvalue weighted by Crippen LogP contribution is -2.44. The maximum absolute atomic E-state index is 12.4. The third-order valence-electron chi connectivity index (χ3n) is 6.17. The van der Waals surface area contributed by atoms with Crippen molar-refractivity contribution in [3.63, 3.8) is 0 Å². The fourth-order valence-electron chi connectivity index (χ4n) is 4.41. The molecule has 2 fully saturated rings. The molecule has 2 aliphatic heterocycles. The van der Waals surface area contributed by atoms with Crippen LogP contribution in [0.2, 0.25) is 0 Å². The molecule has 152 valence electrons. The summed E-state index contributed by atoms with van der Waals surface area (Å²) in [4.78, 5) is 37.7. The van der Waals surface area contributed by atoms with Crippen molar-refractivity contribution < 1.29 is 9.59 Å². The molecule has 4 rings (SSSR count). The summed E-state index contributed by atoms with van der Waals surface area (Å²) in [6, 6.07) is 0. The van der Waals surface area contributed by atoms with Crippen LogP contribution in [0.5, 0.6) is 0 Å². The van der Waals surface area contributed by atoms with Gasteiger partial charge in [0, 0.05) is 50.3 Å². The van der Waals surface area contributed by atoms with E-state index in [4.69, 9.17) is 9.97 Å². The first-order valence-corrected chi connectivity index (χ1v) is 10.7. The Hall–Kier alpha value is -2.18. The molecular formula is C21H31N5O2. The van der Waals surface area contributed by atoms with Crippen LogP contribution in [0.25, 0.3) is 0 Å². The van der Waals surface area contributed by atoms with Crippen molar-refractivity contribution in [1.82, 2.24) is 20.2 Å². The van der Waals surface area contributed by atoms with Crippen LogP contribution in [0.15, 0.2) is 0 Å². The largest absolute Gasteiger partial charge is 0.356 e. The summed E-state index contributed by atoms with van der Waals surface area (Å²) in [5, 5.41) is 2.61. The van der Waals surface area contributed by atoms with Gasteiger partial charge in [0.25, 0.3) is 0 Å². The lowest BCUT2D eigenvalue weighted by Gasteiger charge is -2.34. The Bertz CT molecular complexity index is 761. The third kappa shape index (κ3) is 4.28. The van der Waals surface area contributed by atoms with Crippen molar-refractivity contribution in [2.45, 2.75) is 58.3 Å². The molecule has 0 aromatic carbocycles. The summed E-state index contributed by atoms with van der Waals surface area (Å²) in [7, 11) is 0. The standard InChI is InChI=1S/C21H31N5O2/c1-14-18-6-4-10-26(12-16-7-8-16)21(18)24-20(23-14)17-5-3-9-25(13-17)19(28)11-22-15(2)27/h16-17H,3-13H2,1-2H3,(H,22,27)/t17-/m1/s1. The molecule has 0 radical (unpaired) electrons. The predicted molar refractivity (Wildman–Crippen MR) is 107 cm³/mol. The summed E-state index contributed by atoms with van der Waals surface area (Å²) in [5.41, 5.74) is 2.41. The molecule has 2 amide bonds. The Balaban J connectivity index is 1.51. The first-order valence-electron chi connectivity index (χ1n) is 10.7. The van der Waals surface area contributed by atoms with E-state index < -0.39 is 0 Å². The van der Waals surface area contributed by atoms with Crippen LogP contribution in [-0.4, -0.2) is 59.4 Å². The number of nitrogens with zero attached hydrogens (tertiary/aromatic N) is 4. The van der Waals surface area contributed by atoms with E-state index in [0.717, 1.165) is 62.2 Å². The Morgan fingerprint density at radius 1 is 1.14 bits per heavy atom. The molecule has 1 atom stereocenters. The van der Waals surface area contributed by atoms with Crippen LogP contribution >= 0.6 is 0 Å². The van der Waals surface area contributed by atoms with E-state index in [-0.39, 0.29) is 24.3 Å². The molecule has 1 saturated carbocycles. The molecule has 1 aromatic heterocycles. The van der Waals surface area contributed by atoms with E-state index in [9.17, 15) is 9.59 Å². The van der Waals surface area contributed by atoms with Crippen molar-refractivity contribution in [2.24, 2.45) is 5.92 Å². The average molecular weight is 386 g/mol. The Morgan fingerprint density at radius 3 is 2.71 bits per heavy atom. The van der Waals surface area contributed by atoms with Crippen molar-refractivity contribution in [3.8, 4) is 0 Å². The zero-order valence-electron chi connectivity index (χ0n) is 17.0. The number of hydrogen-bond acceptors (Lipinski definition) is 5. The van der Waals surface area contributed by atoms with Crippen LogP contribution in [0.4, 0.5) is 5.82 Å². The maximum atomic E-state index is 12.4. The minimum absolute atomic E-state index is 0.0232. The normalized spacial score (nSPS) is 22.0. The fraction of sp³-hybridized carbons (Fsp3) is 0.714. The molecule has 0 unspecified atom stereocenters. The van der Waals surface area contributed by atoms with Gasteiger partial charge in [-0.25, -0.2) is 9.97 Å². The lowest BCUT2D eigenvalue weighted by atomic mass is 9.96. The van der Waals surface area contributed by atoms with Gasteiger partial charge in [-0.3, -0.25) is 9.59 Å². The highest BCUT2D eigenvalue weighted by Gasteiger charge is 2.31. The molecule has 0 bridgehead atoms. The minimum atomic E-state index is -0.175. The van der Waals surface area contributed by atoms with Gasteiger partial charge in [0.2, 0.25) is 11.8 Å². The van der Waals surface area contributed by atoms with E-state index in [1.807, 2.05) is 4.90 Å². The van der Waals surface area contributed by atoms with E-state index >= 15 is 0 Å². The van der Waals surface area contributed by atoms with E-state index in [1.54, 1.807) is 0 Å². The number of anilines is 1. The van der Waals surface area contributed by atoms with Crippen molar-refractivity contribution in [1.29, 1.82) is 0 Å². The van der Waals surface area contributed by atoms with Crippen LogP contribution in [0.1, 0.15) is 62.0 Å². The molecule has 0 spiro atoms. The quantitative estimate of drug-likeness (QED) is 0.836. The molecule has 1 N–H and O–H groups in total. The summed E-state index contributed by atoms with van der Waals surface area (Å²) < 4.78 is 0. The molecule has 3 heterocycles. The van der Waals surface area contributed by atoms with Gasteiger partial charge in [0.1, 0.15) is 11.6 Å². The molecule has 3 aliphatic rings. The minimum Gasteiger partial charge on any atom is -0.356 e. The number of hydrogen-bond donors (Lipinski definition) is 1. The summed E-state index contributed by atoms with van der Waals surface area (Å²) in [5.74, 6) is 2.83. The first kappa shape index (κ1) is 19.2. The molecule has 1 aliphatic carbocycles. The lowest BCUT2D eigenvalue weighted by molar-refractivity contribution is -0.133. The highest BCUT2D eigenvalue weighted by Crippen LogP contribution is 2.35. The van der Waals surface area contributed by atoms with Crippen molar-refractivity contribution >= 4 is 17.6 Å². The molecule has 1 saturated heterocycles. The van der Waals surface area contributed by atoms with E-state index in [0.29, 0.717) is 6.54 Å². The highest BCUT2D eigenvalue weighted by molar-refractivity contribution is 5.83. The zero-order valence-corrected chi connectivity index (χ0v) is 17.0. The topological polar surface area (TPSA) is 78.4 Å². The van der Waals surface area contributed by atoms with Gasteiger partial charge in [-0.2, -0.15) is 0 Å². The second-order valence-electron chi connectivity index (χ2n) is 8.55. The van der Waals surface area contributed by atoms with Gasteiger partial charge in [0.15, 0.2) is 0 Å². The van der Waals surface area contributed by atoms with E-state index in [1.165, 1.54) is 31.7 Å².